The summed E-state index contributed by atoms with van der Waals surface area (Å²) in [5.41, 5.74) is 1.57. The normalized spacial score (nSPS) is 14.5. The van der Waals surface area contributed by atoms with Gasteiger partial charge in [0.2, 0.25) is 0 Å². The Morgan fingerprint density at radius 1 is 1.15 bits per heavy atom. The summed E-state index contributed by atoms with van der Waals surface area (Å²) in [5.74, 6) is 0.761. The molecule has 0 spiro atoms. The Hall–Kier alpha value is -3.09. The lowest BCUT2D eigenvalue weighted by Gasteiger charge is -2.32. The maximum Gasteiger partial charge on any atom is 0.315 e. The van der Waals surface area contributed by atoms with Gasteiger partial charge in [-0.2, -0.15) is 0 Å². The fourth-order valence-electron chi connectivity index (χ4n) is 3.16. The summed E-state index contributed by atoms with van der Waals surface area (Å²) in [7, 11) is 1.61. The predicted molar refractivity (Wildman–Crippen MR) is 102 cm³/mol. The van der Waals surface area contributed by atoms with E-state index in [-0.39, 0.29) is 18.0 Å². The van der Waals surface area contributed by atoms with Crippen molar-refractivity contribution in [2.75, 3.05) is 20.2 Å². The largest absolute Gasteiger partial charge is 0.496 e. The van der Waals surface area contributed by atoms with Crippen LogP contribution < -0.4 is 15.4 Å². The van der Waals surface area contributed by atoms with E-state index < -0.39 is 0 Å². The van der Waals surface area contributed by atoms with Crippen LogP contribution in [0.15, 0.2) is 48.8 Å². The molecule has 1 aliphatic rings. The number of pyridine rings is 1. The number of carbonyl (C=O) groups excluding carboxylic acids is 2. The zero-order valence-corrected chi connectivity index (χ0v) is 15.4. The smallest absolute Gasteiger partial charge is 0.315 e. The summed E-state index contributed by atoms with van der Waals surface area (Å²) in [6.45, 7) is 1.65. The first kappa shape index (κ1) is 18.7. The number of rotatable bonds is 5. The fourth-order valence-corrected chi connectivity index (χ4v) is 3.16. The van der Waals surface area contributed by atoms with E-state index in [9.17, 15) is 9.59 Å². The van der Waals surface area contributed by atoms with E-state index in [0.717, 1.165) is 24.2 Å². The van der Waals surface area contributed by atoms with E-state index in [1.807, 2.05) is 29.2 Å². The topological polar surface area (TPSA) is 83.6 Å². The van der Waals surface area contributed by atoms with Crippen LogP contribution in [0, 0.1) is 0 Å². The van der Waals surface area contributed by atoms with Crippen molar-refractivity contribution in [3.05, 3.63) is 59.9 Å². The van der Waals surface area contributed by atoms with E-state index >= 15 is 0 Å². The van der Waals surface area contributed by atoms with Crippen LogP contribution in [0.4, 0.5) is 4.79 Å². The Labute approximate surface area is 158 Å². The first-order valence-corrected chi connectivity index (χ1v) is 9.03. The number of benzene rings is 1. The summed E-state index contributed by atoms with van der Waals surface area (Å²) < 4.78 is 5.29. The second-order valence-electron chi connectivity index (χ2n) is 6.44. The number of methoxy groups -OCH3 is 1. The first-order valence-electron chi connectivity index (χ1n) is 9.03. The molecule has 3 rings (SSSR count). The third kappa shape index (κ3) is 4.97. The monoisotopic (exact) mass is 368 g/mol. The van der Waals surface area contributed by atoms with Crippen LogP contribution in [-0.2, 0) is 6.54 Å². The maximum absolute atomic E-state index is 12.4. The highest BCUT2D eigenvalue weighted by molar-refractivity contribution is 5.94. The van der Waals surface area contributed by atoms with Crippen molar-refractivity contribution >= 4 is 11.9 Å². The number of piperidine rings is 1. The number of hydrogen-bond donors (Lipinski definition) is 2. The molecule has 2 N–H and O–H groups in total. The number of aromatic nitrogens is 1. The second-order valence-corrected chi connectivity index (χ2v) is 6.44. The van der Waals surface area contributed by atoms with Gasteiger partial charge in [0, 0.05) is 49.2 Å². The standard InChI is InChI=1S/C20H24N4O3/c1-27-18-5-3-2-4-16(18)14-22-20(26)23-17-8-12-24(13-9-17)19(25)15-6-10-21-11-7-15/h2-7,10-11,17H,8-9,12-14H2,1H3,(H2,22,23,26). The van der Waals surface area contributed by atoms with E-state index in [4.69, 9.17) is 4.74 Å². The number of carbonyl (C=O) groups is 2. The van der Waals surface area contributed by atoms with Gasteiger partial charge in [-0.15, -0.1) is 0 Å². The molecular weight excluding hydrogens is 344 g/mol. The highest BCUT2D eigenvalue weighted by Gasteiger charge is 2.24. The highest BCUT2D eigenvalue weighted by atomic mass is 16.5. The lowest BCUT2D eigenvalue weighted by Crippen LogP contribution is -2.49. The van der Waals surface area contributed by atoms with Crippen LogP contribution >= 0.6 is 0 Å². The Balaban J connectivity index is 1.43. The Kier molecular flexibility index (Phi) is 6.25. The number of likely N-dealkylation sites (tertiary alicyclic amines) is 1. The van der Waals surface area contributed by atoms with Crippen LogP contribution in [0.1, 0.15) is 28.8 Å². The summed E-state index contributed by atoms with van der Waals surface area (Å²) in [6.07, 6.45) is 4.71. The molecule has 1 aromatic heterocycles. The summed E-state index contributed by atoms with van der Waals surface area (Å²) in [5, 5.41) is 5.85. The number of para-hydroxylation sites is 1. The molecule has 27 heavy (non-hydrogen) atoms. The number of hydrogen-bond acceptors (Lipinski definition) is 4. The highest BCUT2D eigenvalue weighted by Crippen LogP contribution is 2.17. The Bertz CT molecular complexity index is 774. The zero-order chi connectivity index (χ0) is 19.1. The molecule has 0 bridgehead atoms. The zero-order valence-electron chi connectivity index (χ0n) is 15.4. The molecule has 0 saturated carbocycles. The minimum atomic E-state index is -0.209. The molecule has 0 unspecified atom stereocenters. The van der Waals surface area contributed by atoms with Gasteiger partial charge in [0.25, 0.3) is 5.91 Å². The van der Waals surface area contributed by atoms with Gasteiger partial charge in [0.15, 0.2) is 0 Å². The van der Waals surface area contributed by atoms with Crippen molar-refractivity contribution < 1.29 is 14.3 Å². The molecule has 1 saturated heterocycles. The van der Waals surface area contributed by atoms with Crippen molar-refractivity contribution in [1.29, 1.82) is 0 Å². The van der Waals surface area contributed by atoms with E-state index in [2.05, 4.69) is 15.6 Å². The molecular formula is C20H24N4O3. The van der Waals surface area contributed by atoms with Gasteiger partial charge < -0.3 is 20.3 Å². The minimum Gasteiger partial charge on any atom is -0.496 e. The molecule has 1 fully saturated rings. The van der Waals surface area contributed by atoms with Crippen LogP contribution in [0.5, 0.6) is 5.75 Å². The fraction of sp³-hybridized carbons (Fsp3) is 0.350. The molecule has 0 atom stereocenters. The predicted octanol–water partition coefficient (Wildman–Crippen LogP) is 2.19. The minimum absolute atomic E-state index is 0.0106. The number of nitrogens with one attached hydrogen (secondary N) is 2. The summed E-state index contributed by atoms with van der Waals surface area (Å²) in [6, 6.07) is 10.9. The van der Waals surface area contributed by atoms with E-state index in [1.54, 1.807) is 31.6 Å². The van der Waals surface area contributed by atoms with Crippen LogP contribution in [0.2, 0.25) is 0 Å². The van der Waals surface area contributed by atoms with Crippen LogP contribution in [-0.4, -0.2) is 48.1 Å². The van der Waals surface area contributed by atoms with Gasteiger partial charge in [-0.3, -0.25) is 9.78 Å². The van der Waals surface area contributed by atoms with E-state index in [0.29, 0.717) is 25.2 Å². The van der Waals surface area contributed by atoms with Gasteiger partial charge in [-0.05, 0) is 31.0 Å². The first-order chi connectivity index (χ1) is 13.2. The van der Waals surface area contributed by atoms with Gasteiger partial charge in [-0.1, -0.05) is 18.2 Å². The van der Waals surface area contributed by atoms with E-state index in [1.165, 1.54) is 0 Å². The summed E-state index contributed by atoms with van der Waals surface area (Å²) >= 11 is 0. The quantitative estimate of drug-likeness (QED) is 0.847. The van der Waals surface area contributed by atoms with Crippen LogP contribution in [0.3, 0.4) is 0 Å². The molecule has 7 nitrogen and oxygen atoms in total. The second kappa shape index (κ2) is 9.02. The van der Waals surface area contributed by atoms with Crippen molar-refractivity contribution in [1.82, 2.24) is 20.5 Å². The van der Waals surface area contributed by atoms with Crippen molar-refractivity contribution in [2.45, 2.75) is 25.4 Å². The molecule has 2 heterocycles. The number of ether oxygens (including phenoxy) is 1. The van der Waals surface area contributed by atoms with Gasteiger partial charge in [0.1, 0.15) is 5.75 Å². The molecule has 1 aliphatic heterocycles. The van der Waals surface area contributed by atoms with Crippen molar-refractivity contribution in [2.24, 2.45) is 0 Å². The Morgan fingerprint density at radius 3 is 2.56 bits per heavy atom. The van der Waals surface area contributed by atoms with Gasteiger partial charge in [-0.25, -0.2) is 4.79 Å². The number of urea groups is 1. The maximum atomic E-state index is 12.4. The lowest BCUT2D eigenvalue weighted by atomic mass is 10.0. The number of nitrogens with zero attached hydrogens (tertiary/aromatic N) is 2. The van der Waals surface area contributed by atoms with Crippen LogP contribution in [0.25, 0.3) is 0 Å². The van der Waals surface area contributed by atoms with Crippen molar-refractivity contribution in [3.63, 3.8) is 0 Å². The SMILES string of the molecule is COc1ccccc1CNC(=O)NC1CCN(C(=O)c2ccncc2)CC1. The average molecular weight is 368 g/mol. The van der Waals surface area contributed by atoms with Gasteiger partial charge >= 0.3 is 6.03 Å². The molecule has 7 heteroatoms. The molecule has 2 aromatic rings. The van der Waals surface area contributed by atoms with Crippen molar-refractivity contribution in [3.8, 4) is 5.75 Å². The molecule has 142 valence electrons. The average Bonchev–Trinajstić information content (AvgIpc) is 2.73. The molecule has 0 radical (unpaired) electrons. The Morgan fingerprint density at radius 2 is 1.85 bits per heavy atom. The molecule has 0 aliphatic carbocycles. The van der Waals surface area contributed by atoms with Gasteiger partial charge in [0.05, 0.1) is 7.11 Å². The lowest BCUT2D eigenvalue weighted by molar-refractivity contribution is 0.0708. The molecule has 3 amide bonds. The molecule has 1 aromatic carbocycles. The third-order valence-corrected chi connectivity index (χ3v) is 4.68. The number of amides is 3. The summed E-state index contributed by atoms with van der Waals surface area (Å²) in [4.78, 5) is 30.4. The third-order valence-electron chi connectivity index (χ3n) is 4.68.